The number of nitrogens with zero attached hydrogens (tertiary/aromatic N) is 1. The Balaban J connectivity index is 1.77. The van der Waals surface area contributed by atoms with Crippen molar-refractivity contribution < 1.29 is 9.90 Å². The molecule has 0 bridgehead atoms. The molecule has 0 radical (unpaired) electrons. The second kappa shape index (κ2) is 4.04. The van der Waals surface area contributed by atoms with E-state index in [1.54, 1.807) is 23.2 Å². The minimum atomic E-state index is 0.0903. The van der Waals surface area contributed by atoms with Gasteiger partial charge in [-0.2, -0.15) is 0 Å². The van der Waals surface area contributed by atoms with Crippen molar-refractivity contribution in [2.45, 2.75) is 31.7 Å². The number of aromatic hydroxyl groups is 1. The van der Waals surface area contributed by atoms with E-state index in [2.05, 4.69) is 5.43 Å². The summed E-state index contributed by atoms with van der Waals surface area (Å²) in [5.41, 5.74) is 3.98. The van der Waals surface area contributed by atoms with Gasteiger partial charge in [-0.1, -0.05) is 12.5 Å². The first-order valence-corrected chi connectivity index (χ1v) is 6.12. The highest BCUT2D eigenvalue weighted by molar-refractivity contribution is 5.95. The SMILES string of the molecule is O=C1CC(C2CCC2)NN1c1cccc(O)c1. The quantitative estimate of drug-likeness (QED) is 0.817. The number of phenolic OH excluding ortho intramolecular Hbond substituents is 1. The molecule has 2 fully saturated rings. The zero-order valence-electron chi connectivity index (χ0n) is 9.60. The predicted octanol–water partition coefficient (Wildman–Crippen LogP) is 1.80. The molecule has 1 aliphatic carbocycles. The van der Waals surface area contributed by atoms with Crippen LogP contribution < -0.4 is 10.4 Å². The van der Waals surface area contributed by atoms with Crippen molar-refractivity contribution in [2.24, 2.45) is 5.92 Å². The summed E-state index contributed by atoms with van der Waals surface area (Å²) in [7, 11) is 0. The molecule has 0 spiro atoms. The maximum absolute atomic E-state index is 11.9. The Morgan fingerprint density at radius 2 is 2.18 bits per heavy atom. The van der Waals surface area contributed by atoms with Crippen LogP contribution in [0.1, 0.15) is 25.7 Å². The second-order valence-corrected chi connectivity index (χ2v) is 4.88. The lowest BCUT2D eigenvalue weighted by Crippen LogP contribution is -2.42. The van der Waals surface area contributed by atoms with Crippen molar-refractivity contribution >= 4 is 11.6 Å². The summed E-state index contributed by atoms with van der Waals surface area (Å²) in [6.07, 6.45) is 4.29. The summed E-state index contributed by atoms with van der Waals surface area (Å²) in [6, 6.07) is 7.06. The Morgan fingerprint density at radius 3 is 2.82 bits per heavy atom. The average Bonchev–Trinajstić information content (AvgIpc) is 2.57. The van der Waals surface area contributed by atoms with Crippen LogP contribution >= 0.6 is 0 Å². The van der Waals surface area contributed by atoms with Crippen molar-refractivity contribution in [3.63, 3.8) is 0 Å². The van der Waals surface area contributed by atoms with Gasteiger partial charge in [-0.05, 0) is 30.9 Å². The number of benzene rings is 1. The van der Waals surface area contributed by atoms with E-state index in [1.807, 2.05) is 6.07 Å². The molecule has 4 heteroatoms. The largest absolute Gasteiger partial charge is 0.508 e. The van der Waals surface area contributed by atoms with Crippen molar-refractivity contribution in [3.05, 3.63) is 24.3 Å². The van der Waals surface area contributed by atoms with E-state index in [9.17, 15) is 9.90 Å². The Hall–Kier alpha value is -1.55. The molecule has 3 rings (SSSR count). The molecule has 1 atom stereocenters. The number of carbonyl (C=O) groups is 1. The maximum atomic E-state index is 11.9. The third-order valence-corrected chi connectivity index (χ3v) is 3.75. The molecular formula is C13H16N2O2. The third kappa shape index (κ3) is 1.89. The molecule has 1 aromatic carbocycles. The standard InChI is InChI=1S/C13H16N2O2/c16-11-6-2-5-10(7-11)15-13(17)8-12(14-15)9-3-1-4-9/h2,5-7,9,12,14,16H,1,3-4,8H2. The summed E-state index contributed by atoms with van der Waals surface area (Å²) in [4.78, 5) is 11.9. The first-order valence-electron chi connectivity index (χ1n) is 6.12. The number of hydrogen-bond donors (Lipinski definition) is 2. The van der Waals surface area contributed by atoms with Gasteiger partial charge in [0, 0.05) is 18.5 Å². The van der Waals surface area contributed by atoms with Gasteiger partial charge in [-0.25, -0.2) is 10.4 Å². The van der Waals surface area contributed by atoms with Crippen molar-refractivity contribution in [1.82, 2.24) is 5.43 Å². The van der Waals surface area contributed by atoms with E-state index in [-0.39, 0.29) is 17.7 Å². The summed E-state index contributed by atoms with van der Waals surface area (Å²) >= 11 is 0. The normalized spacial score (nSPS) is 25.1. The van der Waals surface area contributed by atoms with Gasteiger partial charge in [0.2, 0.25) is 5.91 Å². The van der Waals surface area contributed by atoms with Crippen LogP contribution in [-0.2, 0) is 4.79 Å². The molecular weight excluding hydrogens is 216 g/mol. The minimum Gasteiger partial charge on any atom is -0.508 e. The van der Waals surface area contributed by atoms with Crippen molar-refractivity contribution in [3.8, 4) is 5.75 Å². The van der Waals surface area contributed by atoms with Gasteiger partial charge < -0.3 is 5.11 Å². The predicted molar refractivity (Wildman–Crippen MR) is 64.5 cm³/mol. The van der Waals surface area contributed by atoms with Gasteiger partial charge >= 0.3 is 0 Å². The molecule has 1 amide bonds. The number of rotatable bonds is 2. The number of amides is 1. The highest BCUT2D eigenvalue weighted by atomic mass is 16.3. The molecule has 0 aromatic heterocycles. The van der Waals surface area contributed by atoms with Gasteiger partial charge in [0.25, 0.3) is 0 Å². The number of nitrogens with one attached hydrogen (secondary N) is 1. The number of hydrogen-bond acceptors (Lipinski definition) is 3. The summed E-state index contributed by atoms with van der Waals surface area (Å²) in [6.45, 7) is 0. The summed E-state index contributed by atoms with van der Waals surface area (Å²) in [5.74, 6) is 0.915. The van der Waals surface area contributed by atoms with Crippen molar-refractivity contribution in [2.75, 3.05) is 5.01 Å². The summed E-state index contributed by atoms with van der Waals surface area (Å²) in [5, 5.41) is 11.0. The monoisotopic (exact) mass is 232 g/mol. The van der Waals surface area contributed by atoms with E-state index in [1.165, 1.54) is 19.3 Å². The average molecular weight is 232 g/mol. The molecule has 1 aromatic rings. The lowest BCUT2D eigenvalue weighted by Gasteiger charge is -2.31. The van der Waals surface area contributed by atoms with E-state index < -0.39 is 0 Å². The molecule has 1 aliphatic heterocycles. The van der Waals surface area contributed by atoms with Crippen LogP contribution in [0.25, 0.3) is 0 Å². The van der Waals surface area contributed by atoms with E-state index >= 15 is 0 Å². The molecule has 4 nitrogen and oxygen atoms in total. The first-order chi connectivity index (χ1) is 8.24. The Morgan fingerprint density at radius 1 is 1.35 bits per heavy atom. The molecule has 1 heterocycles. The molecule has 2 aliphatic rings. The van der Waals surface area contributed by atoms with Crippen LogP contribution in [0.5, 0.6) is 5.75 Å². The van der Waals surface area contributed by atoms with Crippen LogP contribution in [0.4, 0.5) is 5.69 Å². The number of carbonyl (C=O) groups excluding carboxylic acids is 1. The smallest absolute Gasteiger partial charge is 0.243 e. The van der Waals surface area contributed by atoms with Gasteiger partial charge in [0.1, 0.15) is 5.75 Å². The Bertz CT molecular complexity index is 443. The Labute approximate surface area is 100 Å². The molecule has 90 valence electrons. The molecule has 2 N–H and O–H groups in total. The number of phenols is 1. The molecule has 17 heavy (non-hydrogen) atoms. The van der Waals surface area contributed by atoms with Crippen LogP contribution in [0.3, 0.4) is 0 Å². The van der Waals surface area contributed by atoms with E-state index in [0.717, 1.165) is 5.69 Å². The fourth-order valence-corrected chi connectivity index (χ4v) is 2.53. The van der Waals surface area contributed by atoms with Crippen LogP contribution in [0.15, 0.2) is 24.3 Å². The summed E-state index contributed by atoms with van der Waals surface area (Å²) < 4.78 is 0. The van der Waals surface area contributed by atoms with Crippen LogP contribution in [-0.4, -0.2) is 17.1 Å². The van der Waals surface area contributed by atoms with Crippen LogP contribution in [0, 0.1) is 5.92 Å². The zero-order valence-corrected chi connectivity index (χ0v) is 9.60. The third-order valence-electron chi connectivity index (χ3n) is 3.75. The van der Waals surface area contributed by atoms with Gasteiger partial charge in [0.05, 0.1) is 5.69 Å². The maximum Gasteiger partial charge on any atom is 0.243 e. The lowest BCUT2D eigenvalue weighted by atomic mass is 9.79. The fraction of sp³-hybridized carbons (Fsp3) is 0.462. The molecule has 1 unspecified atom stereocenters. The van der Waals surface area contributed by atoms with Gasteiger partial charge in [-0.3, -0.25) is 4.79 Å². The van der Waals surface area contributed by atoms with E-state index in [0.29, 0.717) is 12.3 Å². The highest BCUT2D eigenvalue weighted by Crippen LogP contribution is 2.34. The number of anilines is 1. The Kier molecular flexibility index (Phi) is 2.52. The number of hydrazine groups is 1. The molecule has 1 saturated heterocycles. The van der Waals surface area contributed by atoms with E-state index in [4.69, 9.17) is 0 Å². The van der Waals surface area contributed by atoms with Gasteiger partial charge in [-0.15, -0.1) is 0 Å². The zero-order chi connectivity index (χ0) is 11.8. The first kappa shape index (κ1) is 10.6. The lowest BCUT2D eigenvalue weighted by molar-refractivity contribution is -0.117. The topological polar surface area (TPSA) is 52.6 Å². The minimum absolute atomic E-state index is 0.0903. The van der Waals surface area contributed by atoms with Crippen LogP contribution in [0.2, 0.25) is 0 Å². The highest BCUT2D eigenvalue weighted by Gasteiger charge is 2.37. The molecule has 1 saturated carbocycles. The fourth-order valence-electron chi connectivity index (χ4n) is 2.53. The second-order valence-electron chi connectivity index (χ2n) is 4.88. The van der Waals surface area contributed by atoms with Crippen molar-refractivity contribution in [1.29, 1.82) is 0 Å². The van der Waals surface area contributed by atoms with Gasteiger partial charge in [0.15, 0.2) is 0 Å².